The lowest BCUT2D eigenvalue weighted by atomic mass is 9.93. The lowest BCUT2D eigenvalue weighted by molar-refractivity contribution is -0.136. The van der Waals surface area contributed by atoms with Crippen LogP contribution in [0.3, 0.4) is 0 Å². The molecular weight excluding hydrogens is 904 g/mol. The minimum absolute atomic E-state index is 0.0918. The summed E-state index contributed by atoms with van der Waals surface area (Å²) >= 11 is 0. The fraction of sp³-hybridized carbons (Fsp3) is 0.429. The predicted molar refractivity (Wildman–Crippen MR) is 260 cm³/mol. The predicted octanol–water partition coefficient (Wildman–Crippen LogP) is 4.81. The van der Waals surface area contributed by atoms with Crippen LogP contribution >= 0.6 is 0 Å². The Morgan fingerprint density at radius 1 is 0.812 bits per heavy atom. The molecule has 18 nitrogen and oxygen atoms in total. The number of aromatic amines is 1. The summed E-state index contributed by atoms with van der Waals surface area (Å²) in [5.41, 5.74) is 5.34. The van der Waals surface area contributed by atoms with Crippen LogP contribution in [0.25, 0.3) is 11.0 Å². The lowest BCUT2D eigenvalue weighted by Crippen LogP contribution is -2.54. The third-order valence-electron chi connectivity index (χ3n) is 14.8. The molecule has 0 saturated carbocycles. The van der Waals surface area contributed by atoms with Gasteiger partial charge < -0.3 is 30.3 Å². The Morgan fingerprint density at radius 3 is 2.38 bits per heavy atom. The summed E-state index contributed by atoms with van der Waals surface area (Å²) in [5.74, 6) is -0.984. The van der Waals surface area contributed by atoms with Gasteiger partial charge in [0.15, 0.2) is 0 Å². The first-order chi connectivity index (χ1) is 33.3. The molecule has 0 radical (unpaired) electrons. The van der Waals surface area contributed by atoms with Crippen LogP contribution in [0.15, 0.2) is 66.9 Å². The summed E-state index contributed by atoms with van der Waals surface area (Å²) in [6.07, 6.45) is 8.00. The smallest absolute Gasteiger partial charge is 0.262 e. The van der Waals surface area contributed by atoms with Gasteiger partial charge in [-0.1, -0.05) is 12.1 Å². The Hall–Kier alpha value is -6.64. The van der Waals surface area contributed by atoms with Crippen LogP contribution in [-0.4, -0.2) is 145 Å². The summed E-state index contributed by atoms with van der Waals surface area (Å²) in [7, 11) is -3.48. The van der Waals surface area contributed by atoms with E-state index < -0.39 is 39.7 Å². The fourth-order valence-corrected chi connectivity index (χ4v) is 12.1. The van der Waals surface area contributed by atoms with Crippen LogP contribution in [0, 0.1) is 11.7 Å². The van der Waals surface area contributed by atoms with Gasteiger partial charge in [-0.25, -0.2) is 12.8 Å². The molecule has 3 aromatic carbocycles. The van der Waals surface area contributed by atoms with Crippen LogP contribution < -0.4 is 30.1 Å². The number of carbonyl (C=O) groups excluding carboxylic acids is 4. The summed E-state index contributed by atoms with van der Waals surface area (Å²) in [6, 6.07) is 17.5. The number of carbonyl (C=O) groups is 4. The molecule has 69 heavy (non-hydrogen) atoms. The van der Waals surface area contributed by atoms with Gasteiger partial charge in [0.1, 0.15) is 23.3 Å². The summed E-state index contributed by atoms with van der Waals surface area (Å²) in [4.78, 5) is 73.5. The molecule has 2 aromatic heterocycles. The highest BCUT2D eigenvalue weighted by Gasteiger charge is 2.45. The quantitative estimate of drug-likeness (QED) is 0.117. The summed E-state index contributed by atoms with van der Waals surface area (Å²) in [5, 5.41) is 9.51. The lowest BCUT2D eigenvalue weighted by Gasteiger charge is -2.44. The standard InChI is InChI=1S/C49H55FN12O6S/c1-69(67,68)61-21-14-31-5-2-6-39(43(31)61)53-45-36-13-17-51-44(36)55-49(56-45)52-32-7-10-40(38(50)26-32)59-19-15-33(16-20-59)58-24-22-57(23-25-58)18-3-4-30-28-60(29-30)34-8-9-35-37(27-34)48(66)62(47(35)65)41-11-12-42(63)54-46(41)64/h2,5-10,13,17,26-27,30,33,41H,3-4,11-12,14-16,18-25,28-29H2,1H3,(H,54,63,64)(H3,51,52,53,55,56). The molecule has 4 fully saturated rings. The number of hydrogen-bond donors (Lipinski definition) is 4. The average Bonchev–Trinajstić information content (AvgIpc) is 4.05. The first kappa shape index (κ1) is 44.8. The number of para-hydroxylation sites is 1. The van der Waals surface area contributed by atoms with Crippen molar-refractivity contribution < 1.29 is 32.0 Å². The SMILES string of the molecule is CS(=O)(=O)N1CCc2cccc(Nc3nc(Nc4ccc(N5CCC(N6CCN(CCCC7CN(c8ccc9c(c8)C(=O)N(C8CCC(=O)NC8=O)C9=O)C7)CC6)CC5)c(F)c4)nc4[nH]ccc34)c21. The third kappa shape index (κ3) is 8.73. The molecule has 0 bridgehead atoms. The van der Waals surface area contributed by atoms with E-state index in [1.54, 1.807) is 18.3 Å². The number of fused-ring (bicyclic) bond motifs is 3. The number of nitrogens with one attached hydrogen (secondary N) is 4. The minimum atomic E-state index is -3.48. The number of hydrogen-bond acceptors (Lipinski definition) is 14. The summed E-state index contributed by atoms with van der Waals surface area (Å²) in [6.45, 7) is 8.89. The average molecular weight is 959 g/mol. The molecule has 0 aliphatic carbocycles. The molecule has 11 rings (SSSR count). The fourth-order valence-electron chi connectivity index (χ4n) is 11.1. The zero-order valence-corrected chi connectivity index (χ0v) is 39.2. The van der Waals surface area contributed by atoms with Gasteiger partial charge in [-0.2, -0.15) is 9.97 Å². The van der Waals surface area contributed by atoms with Crippen LogP contribution in [0.1, 0.15) is 64.8 Å². The number of H-pyrrole nitrogens is 1. The van der Waals surface area contributed by atoms with Crippen molar-refractivity contribution in [3.63, 3.8) is 0 Å². The highest BCUT2D eigenvalue weighted by Crippen LogP contribution is 2.40. The number of nitrogens with zero attached hydrogens (tertiary/aromatic N) is 8. The molecule has 4 saturated heterocycles. The van der Waals surface area contributed by atoms with E-state index in [1.807, 2.05) is 42.5 Å². The van der Waals surface area contributed by atoms with Crippen molar-refractivity contribution in [2.75, 3.05) is 96.4 Å². The van der Waals surface area contributed by atoms with E-state index in [-0.39, 0.29) is 24.6 Å². The van der Waals surface area contributed by atoms with Crippen molar-refractivity contribution in [3.05, 3.63) is 89.4 Å². The Kier molecular flexibility index (Phi) is 11.7. The number of benzene rings is 3. The topological polar surface area (TPSA) is 200 Å². The van der Waals surface area contributed by atoms with E-state index in [2.05, 4.69) is 45.5 Å². The van der Waals surface area contributed by atoms with E-state index in [1.165, 1.54) is 16.6 Å². The normalized spacial score (nSPS) is 20.7. The number of aromatic nitrogens is 3. The number of imide groups is 2. The van der Waals surface area contributed by atoms with E-state index in [0.29, 0.717) is 70.3 Å². The zero-order valence-electron chi connectivity index (χ0n) is 38.4. The van der Waals surface area contributed by atoms with Crippen molar-refractivity contribution in [1.29, 1.82) is 0 Å². The molecule has 4 amide bonds. The molecule has 4 N–H and O–H groups in total. The number of amides is 4. The molecule has 5 aromatic rings. The Morgan fingerprint density at radius 2 is 1.61 bits per heavy atom. The van der Waals surface area contributed by atoms with Gasteiger partial charge in [0.2, 0.25) is 27.8 Å². The maximum atomic E-state index is 15.8. The van der Waals surface area contributed by atoms with Gasteiger partial charge in [0, 0.05) is 88.9 Å². The number of piperazine rings is 1. The second kappa shape index (κ2) is 18.0. The minimum Gasteiger partial charge on any atom is -0.371 e. The monoisotopic (exact) mass is 958 g/mol. The molecule has 1 unspecified atom stereocenters. The van der Waals surface area contributed by atoms with E-state index in [4.69, 9.17) is 4.98 Å². The third-order valence-corrected chi connectivity index (χ3v) is 16.0. The highest BCUT2D eigenvalue weighted by molar-refractivity contribution is 7.92. The molecule has 6 aliphatic heterocycles. The Labute approximate surface area is 399 Å². The van der Waals surface area contributed by atoms with Gasteiger partial charge in [0.05, 0.1) is 39.8 Å². The molecule has 1 atom stereocenters. The zero-order chi connectivity index (χ0) is 47.6. The van der Waals surface area contributed by atoms with Crippen molar-refractivity contribution in [1.82, 2.24) is 35.0 Å². The Balaban J connectivity index is 0.622. The van der Waals surface area contributed by atoms with Gasteiger partial charge in [-0.05, 0) is 105 Å². The van der Waals surface area contributed by atoms with Gasteiger partial charge in [0.25, 0.3) is 11.8 Å². The molecule has 6 aliphatic rings. The Bertz CT molecular complexity index is 2980. The van der Waals surface area contributed by atoms with E-state index in [0.717, 1.165) is 106 Å². The first-order valence-corrected chi connectivity index (χ1v) is 25.8. The molecule has 8 heterocycles. The van der Waals surface area contributed by atoms with Crippen molar-refractivity contribution in [3.8, 4) is 0 Å². The number of anilines is 7. The van der Waals surface area contributed by atoms with Gasteiger partial charge >= 0.3 is 0 Å². The van der Waals surface area contributed by atoms with Crippen LogP contribution in [0.4, 0.5) is 44.6 Å². The van der Waals surface area contributed by atoms with Crippen molar-refractivity contribution in [2.24, 2.45) is 5.92 Å². The van der Waals surface area contributed by atoms with E-state index in [9.17, 15) is 27.6 Å². The van der Waals surface area contributed by atoms with Gasteiger partial charge in [-0.15, -0.1) is 0 Å². The number of halogens is 1. The van der Waals surface area contributed by atoms with Crippen LogP contribution in [0.5, 0.6) is 0 Å². The van der Waals surface area contributed by atoms with Crippen LogP contribution in [-0.2, 0) is 26.0 Å². The summed E-state index contributed by atoms with van der Waals surface area (Å²) < 4.78 is 42.5. The maximum Gasteiger partial charge on any atom is 0.262 e. The van der Waals surface area contributed by atoms with Crippen molar-refractivity contribution in [2.45, 2.75) is 57.0 Å². The largest absolute Gasteiger partial charge is 0.371 e. The molecular formula is C49H55FN12O6S. The number of piperidine rings is 2. The second-order valence-electron chi connectivity index (χ2n) is 19.1. The second-order valence-corrected chi connectivity index (χ2v) is 21.0. The van der Waals surface area contributed by atoms with Crippen LogP contribution in [0.2, 0.25) is 0 Å². The van der Waals surface area contributed by atoms with Crippen molar-refractivity contribution >= 4 is 84.9 Å². The maximum absolute atomic E-state index is 15.8. The number of rotatable bonds is 13. The molecule has 360 valence electrons. The first-order valence-electron chi connectivity index (χ1n) is 23.9. The number of sulfonamides is 1. The highest BCUT2D eigenvalue weighted by atomic mass is 32.2. The van der Waals surface area contributed by atoms with E-state index >= 15 is 4.39 Å². The van der Waals surface area contributed by atoms with Gasteiger partial charge in [-0.3, -0.25) is 38.6 Å². The molecule has 20 heteroatoms. The molecule has 0 spiro atoms.